The van der Waals surface area contributed by atoms with E-state index in [1.165, 1.54) is 51.4 Å². The minimum absolute atomic E-state index is 0.0519. The van der Waals surface area contributed by atoms with Crippen LogP contribution in [0.25, 0.3) is 0 Å². The lowest BCUT2D eigenvalue weighted by Gasteiger charge is -2.36. The number of allylic oxidation sites excluding steroid dienone is 2. The fourth-order valence-corrected chi connectivity index (χ4v) is 7.58. The van der Waals surface area contributed by atoms with Gasteiger partial charge >= 0.3 is 17.9 Å². The zero-order valence-electron chi connectivity index (χ0n) is 36.8. The van der Waals surface area contributed by atoms with Crippen LogP contribution in [-0.2, 0) is 28.6 Å². The molecule has 316 valence electrons. The smallest absolute Gasteiger partial charge is 0.308 e. The Labute approximate surface area is 334 Å². The van der Waals surface area contributed by atoms with Gasteiger partial charge in [-0.15, -0.1) is 0 Å². The molecule has 0 N–H and O–H groups in total. The van der Waals surface area contributed by atoms with E-state index in [0.717, 1.165) is 103 Å². The molecule has 0 radical (unpaired) electrons. The lowest BCUT2D eigenvalue weighted by atomic mass is 9.75. The molecule has 0 aliphatic rings. The highest BCUT2D eigenvalue weighted by atomic mass is 16.5. The van der Waals surface area contributed by atoms with E-state index < -0.39 is 0 Å². The molecule has 0 saturated carbocycles. The van der Waals surface area contributed by atoms with Crippen molar-refractivity contribution in [1.82, 2.24) is 4.90 Å². The molecule has 0 atom stereocenters. The highest BCUT2D eigenvalue weighted by Gasteiger charge is 2.31. The van der Waals surface area contributed by atoms with Crippen molar-refractivity contribution in [3.63, 3.8) is 0 Å². The molecule has 0 bridgehead atoms. The Morgan fingerprint density at radius 1 is 0.537 bits per heavy atom. The van der Waals surface area contributed by atoms with Gasteiger partial charge in [-0.1, -0.05) is 156 Å². The van der Waals surface area contributed by atoms with Crippen LogP contribution in [0.2, 0.25) is 0 Å². The Morgan fingerprint density at radius 2 is 0.963 bits per heavy atom. The van der Waals surface area contributed by atoms with Crippen LogP contribution in [0, 0.1) is 16.7 Å². The molecule has 0 aromatic carbocycles. The van der Waals surface area contributed by atoms with E-state index >= 15 is 0 Å². The minimum atomic E-state index is -0.113. The molecule has 0 amide bonds. The highest BCUT2D eigenvalue weighted by molar-refractivity contribution is 5.72. The number of hydrogen-bond donors (Lipinski definition) is 0. The Balaban J connectivity index is 4.58. The molecule has 7 heteroatoms. The average Bonchev–Trinajstić information content (AvgIpc) is 3.10. The van der Waals surface area contributed by atoms with Gasteiger partial charge in [-0.05, 0) is 82.7 Å². The Hall–Kier alpha value is -2.15. The van der Waals surface area contributed by atoms with Crippen LogP contribution in [0.3, 0.4) is 0 Å². The molecule has 0 fully saturated rings. The second kappa shape index (κ2) is 34.1. The van der Waals surface area contributed by atoms with Gasteiger partial charge in [0.15, 0.2) is 0 Å². The van der Waals surface area contributed by atoms with Crippen molar-refractivity contribution in [3.8, 4) is 0 Å². The van der Waals surface area contributed by atoms with Gasteiger partial charge < -0.3 is 19.1 Å². The fourth-order valence-electron chi connectivity index (χ4n) is 7.58. The van der Waals surface area contributed by atoms with Crippen LogP contribution in [0.5, 0.6) is 0 Å². The van der Waals surface area contributed by atoms with Crippen LogP contribution in [0.4, 0.5) is 0 Å². The first kappa shape index (κ1) is 51.9. The van der Waals surface area contributed by atoms with Crippen LogP contribution < -0.4 is 0 Å². The standard InChI is InChI=1S/C47H87NO6/c1-9-11-13-15-17-25-31-37-52-43(49)35-29-23-19-21-27-33-42(45(51)54-41-47(5,6)39-46(3,4)40-48(7)8)34-28-22-20-24-30-36-44(50)53-38-32-26-18-16-14-12-10-2/h25-26,31-32,42H,9-24,27-30,33-41H2,1-8H3. The van der Waals surface area contributed by atoms with Crippen LogP contribution in [-0.4, -0.2) is 63.3 Å². The SMILES string of the molecule is CCCCCCC=CCOC(=O)CCCCCCCC(CCCCCCCC(=O)OCC=CCCCCCC)C(=O)OCC(C)(C)CC(C)(C)CN(C)C. The summed E-state index contributed by atoms with van der Waals surface area (Å²) in [6.45, 7) is 15.6. The van der Waals surface area contributed by atoms with Gasteiger partial charge in [-0.3, -0.25) is 14.4 Å². The Morgan fingerprint density at radius 3 is 1.41 bits per heavy atom. The van der Waals surface area contributed by atoms with Crippen LogP contribution in [0.1, 0.15) is 202 Å². The molecule has 0 unspecified atom stereocenters. The van der Waals surface area contributed by atoms with Gasteiger partial charge in [0.1, 0.15) is 13.2 Å². The molecule has 7 nitrogen and oxygen atoms in total. The van der Waals surface area contributed by atoms with E-state index in [9.17, 15) is 14.4 Å². The number of carbonyl (C=O) groups excluding carboxylic acids is 3. The highest BCUT2D eigenvalue weighted by Crippen LogP contribution is 2.35. The quantitative estimate of drug-likeness (QED) is 0.0270. The monoisotopic (exact) mass is 762 g/mol. The summed E-state index contributed by atoms with van der Waals surface area (Å²) in [5.41, 5.74) is 0.0264. The third-order valence-corrected chi connectivity index (χ3v) is 9.97. The first-order valence-corrected chi connectivity index (χ1v) is 22.2. The summed E-state index contributed by atoms with van der Waals surface area (Å²) in [7, 11) is 4.21. The number of esters is 3. The average molecular weight is 762 g/mol. The first-order chi connectivity index (χ1) is 25.8. The predicted molar refractivity (Wildman–Crippen MR) is 228 cm³/mol. The molecule has 0 aromatic heterocycles. The van der Waals surface area contributed by atoms with E-state index in [2.05, 4.69) is 72.7 Å². The van der Waals surface area contributed by atoms with Crippen LogP contribution >= 0.6 is 0 Å². The van der Waals surface area contributed by atoms with E-state index in [1.807, 2.05) is 12.2 Å². The Kier molecular flexibility index (Phi) is 32.8. The fraction of sp³-hybridized carbons (Fsp3) is 0.851. The summed E-state index contributed by atoms with van der Waals surface area (Å²) in [6, 6.07) is 0. The van der Waals surface area contributed by atoms with Gasteiger partial charge in [-0.25, -0.2) is 0 Å². The van der Waals surface area contributed by atoms with Gasteiger partial charge in [0.05, 0.1) is 12.5 Å². The van der Waals surface area contributed by atoms with Crippen molar-refractivity contribution in [2.45, 2.75) is 202 Å². The lowest BCUT2D eigenvalue weighted by molar-refractivity contribution is -0.153. The van der Waals surface area contributed by atoms with Crippen molar-refractivity contribution < 1.29 is 28.6 Å². The Bertz CT molecular complexity index is 933. The van der Waals surface area contributed by atoms with E-state index in [4.69, 9.17) is 14.2 Å². The first-order valence-electron chi connectivity index (χ1n) is 22.2. The van der Waals surface area contributed by atoms with Crippen molar-refractivity contribution in [3.05, 3.63) is 24.3 Å². The van der Waals surface area contributed by atoms with Crippen molar-refractivity contribution in [2.75, 3.05) is 40.5 Å². The number of unbranched alkanes of at least 4 members (excludes halogenated alkanes) is 16. The van der Waals surface area contributed by atoms with Crippen molar-refractivity contribution >= 4 is 17.9 Å². The van der Waals surface area contributed by atoms with E-state index in [1.54, 1.807) is 0 Å². The number of rotatable bonds is 37. The summed E-state index contributed by atoms with van der Waals surface area (Å²) >= 11 is 0. The normalized spacial score (nSPS) is 12.9. The zero-order valence-corrected chi connectivity index (χ0v) is 36.8. The van der Waals surface area contributed by atoms with Gasteiger partial charge in [-0.2, -0.15) is 0 Å². The molecule has 0 heterocycles. The minimum Gasteiger partial charge on any atom is -0.465 e. The maximum Gasteiger partial charge on any atom is 0.308 e. The molecule has 0 aliphatic heterocycles. The topological polar surface area (TPSA) is 82.1 Å². The summed E-state index contributed by atoms with van der Waals surface area (Å²) in [5.74, 6) is -0.362. The third kappa shape index (κ3) is 34.3. The van der Waals surface area contributed by atoms with E-state index in [-0.39, 0.29) is 34.7 Å². The van der Waals surface area contributed by atoms with Crippen molar-refractivity contribution in [1.29, 1.82) is 0 Å². The molecule has 0 aliphatic carbocycles. The second-order valence-electron chi connectivity index (χ2n) is 17.7. The molecule has 0 rings (SSSR count). The lowest BCUT2D eigenvalue weighted by Crippen LogP contribution is -2.35. The molecule has 0 saturated heterocycles. The molecular formula is C47H87NO6. The van der Waals surface area contributed by atoms with E-state index in [0.29, 0.717) is 32.7 Å². The summed E-state index contributed by atoms with van der Waals surface area (Å²) < 4.78 is 16.7. The number of hydrogen-bond acceptors (Lipinski definition) is 7. The van der Waals surface area contributed by atoms with Gasteiger partial charge in [0.2, 0.25) is 0 Å². The predicted octanol–water partition coefficient (Wildman–Crippen LogP) is 12.8. The third-order valence-electron chi connectivity index (χ3n) is 9.97. The van der Waals surface area contributed by atoms with Gasteiger partial charge in [0.25, 0.3) is 0 Å². The maximum atomic E-state index is 13.4. The summed E-state index contributed by atoms with van der Waals surface area (Å²) in [4.78, 5) is 39.9. The molecular weight excluding hydrogens is 675 g/mol. The van der Waals surface area contributed by atoms with Gasteiger partial charge in [0, 0.05) is 19.4 Å². The van der Waals surface area contributed by atoms with Crippen molar-refractivity contribution in [2.24, 2.45) is 16.7 Å². The maximum absolute atomic E-state index is 13.4. The molecule has 0 spiro atoms. The summed E-state index contributed by atoms with van der Waals surface area (Å²) in [6.07, 6.45) is 33.8. The summed E-state index contributed by atoms with van der Waals surface area (Å²) in [5, 5.41) is 0. The molecule has 0 aromatic rings. The second-order valence-corrected chi connectivity index (χ2v) is 17.7. The molecule has 54 heavy (non-hydrogen) atoms. The zero-order chi connectivity index (χ0) is 40.3. The largest absolute Gasteiger partial charge is 0.465 e. The number of carbonyl (C=O) groups is 3. The number of ether oxygens (including phenoxy) is 3. The van der Waals surface area contributed by atoms with Crippen LogP contribution in [0.15, 0.2) is 24.3 Å². The number of nitrogens with zero attached hydrogens (tertiary/aromatic N) is 1.